The van der Waals surface area contributed by atoms with E-state index < -0.39 is 5.82 Å². The average Bonchev–Trinajstić information content (AvgIpc) is 2.84. The predicted octanol–water partition coefficient (Wildman–Crippen LogP) is 2.57. The van der Waals surface area contributed by atoms with Gasteiger partial charge >= 0.3 is 0 Å². The summed E-state index contributed by atoms with van der Waals surface area (Å²) in [5, 5.41) is 9.56. The molecule has 5 nitrogen and oxygen atoms in total. The first-order valence-electron chi connectivity index (χ1n) is 5.06. The number of hydrogen-bond acceptors (Lipinski definition) is 4. The number of halogens is 1. The Morgan fingerprint density at radius 1 is 1.39 bits per heavy atom. The van der Waals surface area contributed by atoms with Crippen LogP contribution in [0.1, 0.15) is 11.3 Å². The van der Waals surface area contributed by atoms with Crippen molar-refractivity contribution in [2.24, 2.45) is 4.99 Å². The van der Waals surface area contributed by atoms with Gasteiger partial charge in [-0.05, 0) is 24.4 Å². The van der Waals surface area contributed by atoms with Gasteiger partial charge in [0.1, 0.15) is 11.5 Å². The maximum atomic E-state index is 13.1. The second-order valence-electron chi connectivity index (χ2n) is 3.72. The van der Waals surface area contributed by atoms with Crippen molar-refractivity contribution in [3.05, 3.63) is 34.1 Å². The molecule has 2 aromatic heterocycles. The van der Waals surface area contributed by atoms with Crippen molar-refractivity contribution >= 4 is 35.9 Å². The number of H-pyrrole nitrogens is 2. The zero-order chi connectivity index (χ0) is 12.7. The van der Waals surface area contributed by atoms with Gasteiger partial charge < -0.3 is 15.1 Å². The Labute approximate surface area is 106 Å². The number of nitrogens with one attached hydrogen (secondary N) is 2. The number of allylic oxidation sites excluding steroid dienone is 1. The molecule has 0 unspecified atom stereocenters. The topological polar surface area (TPSA) is 77.1 Å². The third kappa shape index (κ3) is 1.74. The van der Waals surface area contributed by atoms with Gasteiger partial charge in [0.15, 0.2) is 10.6 Å². The summed E-state index contributed by atoms with van der Waals surface area (Å²) in [4.78, 5) is 13.2. The van der Waals surface area contributed by atoms with Gasteiger partial charge in [0.25, 0.3) is 0 Å². The molecule has 0 spiro atoms. The fraction of sp³-hybridized carbons (Fsp3) is 0. The van der Waals surface area contributed by atoms with Crippen LogP contribution in [-0.4, -0.2) is 26.3 Å². The summed E-state index contributed by atoms with van der Waals surface area (Å²) in [6.07, 6.45) is 4.29. The molecule has 0 saturated carbocycles. The molecule has 0 fully saturated rings. The minimum atomic E-state index is -0.434. The molecule has 0 amide bonds. The predicted molar refractivity (Wildman–Crippen MR) is 67.9 cm³/mol. The molecule has 0 atom stereocenters. The van der Waals surface area contributed by atoms with E-state index in [2.05, 4.69) is 19.9 Å². The molecule has 0 aromatic carbocycles. The standard InChI is InChI=1S/C11H7FN4OS/c12-6-2-7-5(3-13-9(7)14-4-6)1-8-10(17)16-11(18)15-8/h1-4,17H,(H2,15,16,18)/b5-1+. The van der Waals surface area contributed by atoms with Crippen molar-refractivity contribution in [1.29, 1.82) is 0 Å². The van der Waals surface area contributed by atoms with E-state index in [-0.39, 0.29) is 5.88 Å². The molecule has 1 aliphatic rings. The van der Waals surface area contributed by atoms with Crippen LogP contribution < -0.4 is 0 Å². The van der Waals surface area contributed by atoms with Crippen molar-refractivity contribution in [2.75, 3.05) is 0 Å². The molecule has 90 valence electrons. The maximum Gasteiger partial charge on any atom is 0.215 e. The largest absolute Gasteiger partial charge is 0.493 e. The van der Waals surface area contributed by atoms with Crippen LogP contribution in [0.5, 0.6) is 5.88 Å². The molecule has 3 heterocycles. The molecule has 0 radical (unpaired) electrons. The van der Waals surface area contributed by atoms with Gasteiger partial charge in [-0.1, -0.05) is 0 Å². The van der Waals surface area contributed by atoms with Gasteiger partial charge in [0, 0.05) is 17.4 Å². The Kier molecular flexibility index (Phi) is 2.34. The number of aromatic hydroxyl groups is 1. The number of fused-ring (bicyclic) bond motifs is 1. The van der Waals surface area contributed by atoms with Crippen molar-refractivity contribution in [2.45, 2.75) is 0 Å². The normalized spacial score (nSPS) is 15.3. The minimum absolute atomic E-state index is 0.0706. The molecule has 2 aromatic rings. The van der Waals surface area contributed by atoms with Crippen LogP contribution in [0.15, 0.2) is 17.3 Å². The summed E-state index contributed by atoms with van der Waals surface area (Å²) in [5.74, 6) is -0.0497. The lowest BCUT2D eigenvalue weighted by Crippen LogP contribution is -1.85. The van der Waals surface area contributed by atoms with E-state index in [4.69, 9.17) is 12.2 Å². The minimum Gasteiger partial charge on any atom is -0.493 e. The number of pyridine rings is 1. The van der Waals surface area contributed by atoms with Crippen LogP contribution in [0.3, 0.4) is 0 Å². The van der Waals surface area contributed by atoms with Crippen LogP contribution in [-0.2, 0) is 0 Å². The summed E-state index contributed by atoms with van der Waals surface area (Å²) < 4.78 is 13.4. The SMILES string of the molecule is Oc1[nH]c(=S)[nH]c1/C=C1\C=Nc2ncc(F)cc21. The zero-order valence-corrected chi connectivity index (χ0v) is 9.75. The summed E-state index contributed by atoms with van der Waals surface area (Å²) in [6.45, 7) is 0. The van der Waals surface area contributed by atoms with E-state index >= 15 is 0 Å². The molecule has 1 aliphatic heterocycles. The first-order chi connectivity index (χ1) is 8.63. The highest BCUT2D eigenvalue weighted by atomic mass is 32.1. The second kappa shape index (κ2) is 3.88. The van der Waals surface area contributed by atoms with E-state index in [0.29, 0.717) is 27.4 Å². The molecular formula is C11H7FN4OS. The molecule has 0 saturated heterocycles. The Bertz CT molecular complexity index is 744. The zero-order valence-electron chi connectivity index (χ0n) is 8.94. The summed E-state index contributed by atoms with van der Waals surface area (Å²) >= 11 is 4.85. The van der Waals surface area contributed by atoms with Crippen LogP contribution >= 0.6 is 12.2 Å². The molecule has 0 aliphatic carbocycles. The number of aliphatic imine (C=N–C) groups is 1. The van der Waals surface area contributed by atoms with Crippen molar-refractivity contribution in [3.8, 4) is 5.88 Å². The Morgan fingerprint density at radius 3 is 2.94 bits per heavy atom. The molecular weight excluding hydrogens is 255 g/mol. The maximum absolute atomic E-state index is 13.1. The lowest BCUT2D eigenvalue weighted by atomic mass is 10.1. The van der Waals surface area contributed by atoms with Crippen LogP contribution in [0, 0.1) is 10.6 Å². The Morgan fingerprint density at radius 2 is 2.22 bits per heavy atom. The third-order valence-electron chi connectivity index (χ3n) is 2.51. The smallest absolute Gasteiger partial charge is 0.215 e. The molecule has 18 heavy (non-hydrogen) atoms. The Balaban J connectivity index is 2.11. The van der Waals surface area contributed by atoms with Crippen molar-refractivity contribution in [3.63, 3.8) is 0 Å². The highest BCUT2D eigenvalue weighted by Gasteiger charge is 2.15. The molecule has 3 N–H and O–H groups in total. The second-order valence-corrected chi connectivity index (χ2v) is 4.13. The van der Waals surface area contributed by atoms with Gasteiger partial charge in [-0.25, -0.2) is 14.4 Å². The van der Waals surface area contributed by atoms with E-state index in [1.807, 2.05) is 0 Å². The number of hydrogen-bond donors (Lipinski definition) is 3. The van der Waals surface area contributed by atoms with Gasteiger partial charge in [-0.3, -0.25) is 0 Å². The van der Waals surface area contributed by atoms with Gasteiger partial charge in [0.05, 0.1) is 6.20 Å². The van der Waals surface area contributed by atoms with E-state index in [1.54, 1.807) is 12.3 Å². The van der Waals surface area contributed by atoms with Gasteiger partial charge in [-0.2, -0.15) is 0 Å². The number of rotatable bonds is 1. The van der Waals surface area contributed by atoms with Crippen molar-refractivity contribution in [1.82, 2.24) is 15.0 Å². The van der Waals surface area contributed by atoms with Crippen LogP contribution in [0.25, 0.3) is 11.6 Å². The number of nitrogens with zero attached hydrogens (tertiary/aromatic N) is 2. The van der Waals surface area contributed by atoms with Crippen LogP contribution in [0.2, 0.25) is 0 Å². The monoisotopic (exact) mass is 262 g/mol. The first kappa shape index (κ1) is 10.8. The van der Waals surface area contributed by atoms with Crippen molar-refractivity contribution < 1.29 is 9.50 Å². The highest BCUT2D eigenvalue weighted by Crippen LogP contribution is 2.31. The summed E-state index contributed by atoms with van der Waals surface area (Å²) in [6, 6.07) is 1.35. The lowest BCUT2D eigenvalue weighted by Gasteiger charge is -1.98. The average molecular weight is 262 g/mol. The molecule has 7 heteroatoms. The van der Waals surface area contributed by atoms with E-state index in [9.17, 15) is 9.50 Å². The number of imidazole rings is 1. The third-order valence-corrected chi connectivity index (χ3v) is 2.71. The van der Waals surface area contributed by atoms with Crippen LogP contribution in [0.4, 0.5) is 10.2 Å². The molecule has 3 rings (SSSR count). The highest BCUT2D eigenvalue weighted by molar-refractivity contribution is 7.71. The van der Waals surface area contributed by atoms with E-state index in [0.717, 1.165) is 6.20 Å². The summed E-state index contributed by atoms with van der Waals surface area (Å²) in [7, 11) is 0. The molecule has 0 bridgehead atoms. The number of aromatic amines is 2. The number of aromatic nitrogens is 3. The lowest BCUT2D eigenvalue weighted by molar-refractivity contribution is 0.455. The summed E-state index contributed by atoms with van der Waals surface area (Å²) in [5.41, 5.74) is 1.64. The first-order valence-corrected chi connectivity index (χ1v) is 5.47. The fourth-order valence-electron chi connectivity index (χ4n) is 1.71. The van der Waals surface area contributed by atoms with Gasteiger partial charge in [0.2, 0.25) is 5.88 Å². The van der Waals surface area contributed by atoms with E-state index in [1.165, 1.54) is 6.07 Å². The fourth-order valence-corrected chi connectivity index (χ4v) is 1.92. The quantitative estimate of drug-likeness (QED) is 0.691. The Hall–Kier alpha value is -2.28. The van der Waals surface area contributed by atoms with Gasteiger partial charge in [-0.15, -0.1) is 0 Å².